The highest BCUT2D eigenvalue weighted by Gasteiger charge is 2.17. The van der Waals surface area contributed by atoms with Crippen LogP contribution in [0.1, 0.15) is 0 Å². The van der Waals surface area contributed by atoms with Gasteiger partial charge in [0.1, 0.15) is 5.82 Å². The molecule has 0 amide bonds. The Bertz CT molecular complexity index is 1060. The molecule has 0 atom stereocenters. The van der Waals surface area contributed by atoms with Gasteiger partial charge in [-0.2, -0.15) is 5.10 Å². The summed E-state index contributed by atoms with van der Waals surface area (Å²) in [5.41, 5.74) is 0.745. The quantitative estimate of drug-likeness (QED) is 0.416. The van der Waals surface area contributed by atoms with Gasteiger partial charge in [0.05, 0.1) is 18.0 Å². The van der Waals surface area contributed by atoms with Gasteiger partial charge in [-0.25, -0.2) is 22.2 Å². The van der Waals surface area contributed by atoms with E-state index in [1.165, 1.54) is 30.5 Å². The average molecular weight is 406 g/mol. The number of rotatable bonds is 5. The highest BCUT2D eigenvalue weighted by atomic mass is 32.2. The van der Waals surface area contributed by atoms with Crippen molar-refractivity contribution in [3.8, 4) is 22.3 Å². The lowest BCUT2D eigenvalue weighted by Gasteiger charge is -2.11. The lowest BCUT2D eigenvalue weighted by Crippen LogP contribution is -2.21. The fourth-order valence-electron chi connectivity index (χ4n) is 2.62. The van der Waals surface area contributed by atoms with Gasteiger partial charge in [-0.15, -0.1) is 11.8 Å². The van der Waals surface area contributed by atoms with Crippen molar-refractivity contribution < 1.29 is 17.6 Å². The molecule has 0 saturated carbocycles. The minimum Gasteiger partial charge on any atom is -0.267 e. The first kappa shape index (κ1) is 19.9. The number of benzene rings is 2. The summed E-state index contributed by atoms with van der Waals surface area (Å²) in [4.78, 5) is 13.9. The van der Waals surface area contributed by atoms with Gasteiger partial charge < -0.3 is 0 Å². The third kappa shape index (κ3) is 4.17. The third-order valence-corrected chi connectivity index (χ3v) is 4.73. The Morgan fingerprint density at radius 2 is 1.68 bits per heavy atom. The molecule has 0 aliphatic heterocycles. The average Bonchev–Trinajstić information content (AvgIpc) is 2.70. The van der Waals surface area contributed by atoms with Gasteiger partial charge in [0, 0.05) is 10.5 Å². The molecule has 1 aromatic heterocycles. The predicted molar refractivity (Wildman–Crippen MR) is 102 cm³/mol. The van der Waals surface area contributed by atoms with E-state index in [1.54, 1.807) is 23.9 Å². The smallest absolute Gasteiger partial charge is 0.267 e. The van der Waals surface area contributed by atoms with Crippen molar-refractivity contribution >= 4 is 18.0 Å². The standard InChI is InChI=1S/C20H14F4N2OS/c1-28-15-8-4-12(5-9-15)16-10-25-26(11-17(22)19(23)24)20(27)18(16)13-2-6-14(21)7-3-13/h2-11,19H,1H3. The molecule has 0 aliphatic rings. The van der Waals surface area contributed by atoms with Crippen LogP contribution >= 0.6 is 11.8 Å². The van der Waals surface area contributed by atoms with Crippen LogP contribution in [0.25, 0.3) is 28.5 Å². The number of hydrogen-bond donors (Lipinski definition) is 0. The summed E-state index contributed by atoms with van der Waals surface area (Å²) < 4.78 is 52.2. The Kier molecular flexibility index (Phi) is 5.99. The van der Waals surface area contributed by atoms with Crippen molar-refractivity contribution in [1.82, 2.24) is 9.78 Å². The van der Waals surface area contributed by atoms with Crippen LogP contribution in [0.15, 0.2) is 70.2 Å². The largest absolute Gasteiger partial charge is 0.291 e. The van der Waals surface area contributed by atoms with Crippen LogP contribution in [0, 0.1) is 5.82 Å². The molecular formula is C20H14F4N2OS. The molecule has 0 saturated heterocycles. The van der Waals surface area contributed by atoms with E-state index in [0.29, 0.717) is 27.6 Å². The van der Waals surface area contributed by atoms with Gasteiger partial charge in [0.15, 0.2) is 5.83 Å². The molecule has 0 aliphatic carbocycles. The zero-order chi connectivity index (χ0) is 20.3. The number of alkyl halides is 2. The zero-order valence-corrected chi connectivity index (χ0v) is 15.4. The number of allylic oxidation sites excluding steroid dienone is 1. The first-order valence-corrected chi connectivity index (χ1v) is 9.30. The summed E-state index contributed by atoms with van der Waals surface area (Å²) in [6.45, 7) is 0. The second kappa shape index (κ2) is 8.43. The van der Waals surface area contributed by atoms with Gasteiger partial charge in [0.2, 0.25) is 0 Å². The summed E-state index contributed by atoms with van der Waals surface area (Å²) >= 11 is 1.55. The predicted octanol–water partition coefficient (Wildman–Crippen LogP) is 5.47. The van der Waals surface area contributed by atoms with E-state index in [2.05, 4.69) is 5.10 Å². The van der Waals surface area contributed by atoms with E-state index in [4.69, 9.17) is 0 Å². The number of thioether (sulfide) groups is 1. The van der Waals surface area contributed by atoms with Gasteiger partial charge in [0.25, 0.3) is 12.0 Å². The van der Waals surface area contributed by atoms with Crippen molar-refractivity contribution in [3.05, 3.63) is 76.7 Å². The number of halogens is 4. The minimum absolute atomic E-state index is 0.102. The van der Waals surface area contributed by atoms with Crippen molar-refractivity contribution in [2.45, 2.75) is 11.3 Å². The third-order valence-electron chi connectivity index (χ3n) is 3.99. The summed E-state index contributed by atoms with van der Waals surface area (Å²) in [6, 6.07) is 12.4. The Balaban J connectivity index is 2.24. The van der Waals surface area contributed by atoms with Gasteiger partial charge in [-0.3, -0.25) is 4.79 Å². The number of hydrogen-bond acceptors (Lipinski definition) is 3. The molecule has 0 fully saturated rings. The molecule has 2 aromatic carbocycles. The van der Waals surface area contributed by atoms with Crippen molar-refractivity contribution in [1.29, 1.82) is 0 Å². The van der Waals surface area contributed by atoms with Crippen LogP contribution in [0.4, 0.5) is 17.6 Å². The summed E-state index contributed by atoms with van der Waals surface area (Å²) in [6.07, 6.45) is 0.206. The first-order valence-electron chi connectivity index (χ1n) is 8.08. The van der Waals surface area contributed by atoms with Crippen LogP contribution in [0.2, 0.25) is 0 Å². The van der Waals surface area contributed by atoms with Crippen LogP contribution in [0.5, 0.6) is 0 Å². The SMILES string of the molecule is CSc1ccc(-c2cnn(C=C(F)C(F)F)c(=O)c2-c2ccc(F)cc2)cc1. The molecule has 144 valence electrons. The molecule has 8 heteroatoms. The fourth-order valence-corrected chi connectivity index (χ4v) is 3.03. The van der Waals surface area contributed by atoms with E-state index >= 15 is 0 Å². The van der Waals surface area contributed by atoms with Crippen LogP contribution in [-0.4, -0.2) is 22.5 Å². The zero-order valence-electron chi connectivity index (χ0n) is 14.6. The second-order valence-corrected chi connectivity index (χ2v) is 6.61. The maximum absolute atomic E-state index is 13.3. The maximum Gasteiger partial charge on any atom is 0.291 e. The normalized spacial score (nSPS) is 11.9. The second-order valence-electron chi connectivity index (χ2n) is 5.73. The molecular weight excluding hydrogens is 392 g/mol. The summed E-state index contributed by atoms with van der Waals surface area (Å²) in [5.74, 6) is -2.27. The Hall–Kier alpha value is -2.87. The molecule has 3 nitrogen and oxygen atoms in total. The number of nitrogens with zero attached hydrogens (tertiary/aromatic N) is 2. The molecule has 0 radical (unpaired) electrons. The molecule has 3 aromatic rings. The van der Waals surface area contributed by atoms with Gasteiger partial charge in [-0.05, 0) is 41.6 Å². The monoisotopic (exact) mass is 406 g/mol. The highest BCUT2D eigenvalue weighted by molar-refractivity contribution is 7.98. The topological polar surface area (TPSA) is 34.9 Å². The minimum atomic E-state index is -3.36. The van der Waals surface area contributed by atoms with E-state index in [9.17, 15) is 22.4 Å². The Morgan fingerprint density at radius 3 is 2.25 bits per heavy atom. The van der Waals surface area contributed by atoms with E-state index in [0.717, 1.165) is 4.90 Å². The van der Waals surface area contributed by atoms with Crippen LogP contribution in [-0.2, 0) is 0 Å². The van der Waals surface area contributed by atoms with Crippen molar-refractivity contribution in [2.24, 2.45) is 0 Å². The Morgan fingerprint density at radius 1 is 1.07 bits per heavy atom. The number of aromatic nitrogens is 2. The highest BCUT2D eigenvalue weighted by Crippen LogP contribution is 2.30. The van der Waals surface area contributed by atoms with E-state index < -0.39 is 23.6 Å². The summed E-state index contributed by atoms with van der Waals surface area (Å²) in [7, 11) is 0. The molecule has 28 heavy (non-hydrogen) atoms. The molecule has 3 rings (SSSR count). The lowest BCUT2D eigenvalue weighted by atomic mass is 9.97. The van der Waals surface area contributed by atoms with Crippen molar-refractivity contribution in [3.63, 3.8) is 0 Å². The van der Waals surface area contributed by atoms with Gasteiger partial charge >= 0.3 is 0 Å². The maximum atomic E-state index is 13.3. The molecule has 1 heterocycles. The summed E-state index contributed by atoms with van der Waals surface area (Å²) in [5, 5.41) is 3.80. The molecule has 0 bridgehead atoms. The van der Waals surface area contributed by atoms with Crippen molar-refractivity contribution in [2.75, 3.05) is 6.26 Å². The lowest BCUT2D eigenvalue weighted by molar-refractivity contribution is 0.160. The van der Waals surface area contributed by atoms with Crippen LogP contribution in [0.3, 0.4) is 0 Å². The van der Waals surface area contributed by atoms with E-state index in [-0.39, 0.29) is 5.56 Å². The first-order chi connectivity index (χ1) is 13.4. The Labute approximate surface area is 162 Å². The van der Waals surface area contributed by atoms with Gasteiger partial charge in [-0.1, -0.05) is 24.3 Å². The molecule has 0 spiro atoms. The molecule has 0 N–H and O–H groups in total. The van der Waals surface area contributed by atoms with E-state index in [1.807, 2.05) is 18.4 Å². The van der Waals surface area contributed by atoms with Crippen LogP contribution < -0.4 is 5.56 Å². The fraction of sp³-hybridized carbons (Fsp3) is 0.100. The molecule has 0 unspecified atom stereocenters.